The van der Waals surface area contributed by atoms with Crippen molar-refractivity contribution in [3.8, 4) is 0 Å². The van der Waals surface area contributed by atoms with Crippen LogP contribution in [0.3, 0.4) is 0 Å². The summed E-state index contributed by atoms with van der Waals surface area (Å²) in [6.45, 7) is 1.94. The third-order valence-corrected chi connectivity index (χ3v) is 3.25. The first-order chi connectivity index (χ1) is 9.31. The zero-order chi connectivity index (χ0) is 15.3. The van der Waals surface area contributed by atoms with Crippen LogP contribution in [0.2, 0.25) is 5.02 Å². The molecule has 6 heteroatoms. The van der Waals surface area contributed by atoms with Crippen molar-refractivity contribution < 1.29 is 9.59 Å². The van der Waals surface area contributed by atoms with Crippen LogP contribution in [-0.2, 0) is 9.59 Å². The highest BCUT2D eigenvalue weighted by molar-refractivity contribution is 6.30. The van der Waals surface area contributed by atoms with Gasteiger partial charge >= 0.3 is 0 Å². The van der Waals surface area contributed by atoms with Crippen molar-refractivity contribution in [2.24, 2.45) is 0 Å². The summed E-state index contributed by atoms with van der Waals surface area (Å²) in [5.41, 5.74) is 0.640. The van der Waals surface area contributed by atoms with Gasteiger partial charge in [0.1, 0.15) is 0 Å². The molecule has 0 aliphatic heterocycles. The van der Waals surface area contributed by atoms with E-state index in [0.717, 1.165) is 0 Å². The molecule has 2 amide bonds. The van der Waals surface area contributed by atoms with Crippen molar-refractivity contribution in [3.05, 3.63) is 29.3 Å². The van der Waals surface area contributed by atoms with Crippen LogP contribution < -0.4 is 5.32 Å². The maximum atomic E-state index is 12.1. The summed E-state index contributed by atoms with van der Waals surface area (Å²) in [6.07, 6.45) is 0. The van der Waals surface area contributed by atoms with Gasteiger partial charge in [0.25, 0.3) is 0 Å². The van der Waals surface area contributed by atoms with E-state index in [1.54, 1.807) is 57.2 Å². The van der Waals surface area contributed by atoms with Crippen LogP contribution >= 0.6 is 11.6 Å². The second kappa shape index (κ2) is 7.26. The van der Waals surface area contributed by atoms with Crippen LogP contribution in [0, 0.1) is 0 Å². The summed E-state index contributed by atoms with van der Waals surface area (Å²) in [7, 11) is 5.11. The van der Waals surface area contributed by atoms with E-state index in [0.29, 0.717) is 10.7 Å². The van der Waals surface area contributed by atoms with Crippen LogP contribution in [0.1, 0.15) is 6.92 Å². The van der Waals surface area contributed by atoms with Gasteiger partial charge in [0.15, 0.2) is 0 Å². The Kier molecular flexibility index (Phi) is 5.98. The van der Waals surface area contributed by atoms with Gasteiger partial charge in [-0.05, 0) is 32.2 Å². The fourth-order valence-electron chi connectivity index (χ4n) is 1.50. The number of benzene rings is 1. The lowest BCUT2D eigenvalue weighted by atomic mass is 10.2. The minimum atomic E-state index is -0.419. The van der Waals surface area contributed by atoms with Crippen molar-refractivity contribution in [2.45, 2.75) is 13.0 Å². The van der Waals surface area contributed by atoms with Gasteiger partial charge < -0.3 is 10.2 Å². The van der Waals surface area contributed by atoms with Crippen LogP contribution in [0.5, 0.6) is 0 Å². The molecule has 0 bridgehead atoms. The number of nitrogens with one attached hydrogen (secondary N) is 1. The number of likely N-dealkylation sites (N-methyl/N-ethyl adjacent to an activating group) is 2. The van der Waals surface area contributed by atoms with Gasteiger partial charge in [-0.3, -0.25) is 14.5 Å². The van der Waals surface area contributed by atoms with E-state index in [9.17, 15) is 9.59 Å². The standard InChI is InChI=1S/C14H20ClN3O2/c1-10(18(4)9-13(19)17(2)3)14(20)16-12-7-5-6-11(15)8-12/h5-8,10H,9H2,1-4H3,(H,16,20)/t10-/m0/s1. The second-order valence-corrected chi connectivity index (χ2v) is 5.32. The highest BCUT2D eigenvalue weighted by Crippen LogP contribution is 2.15. The molecule has 0 unspecified atom stereocenters. The molecule has 0 spiro atoms. The molecule has 0 saturated heterocycles. The summed E-state index contributed by atoms with van der Waals surface area (Å²) >= 11 is 5.86. The van der Waals surface area contributed by atoms with E-state index < -0.39 is 6.04 Å². The third-order valence-electron chi connectivity index (χ3n) is 3.02. The highest BCUT2D eigenvalue weighted by Gasteiger charge is 2.20. The first-order valence-electron chi connectivity index (χ1n) is 6.28. The minimum Gasteiger partial charge on any atom is -0.348 e. The molecule has 5 nitrogen and oxygen atoms in total. The van der Waals surface area contributed by atoms with Crippen LogP contribution in [0.15, 0.2) is 24.3 Å². The fourth-order valence-corrected chi connectivity index (χ4v) is 1.70. The molecule has 0 radical (unpaired) electrons. The maximum absolute atomic E-state index is 12.1. The number of carbonyl (C=O) groups excluding carboxylic acids is 2. The molecule has 1 atom stereocenters. The Morgan fingerprint density at radius 2 is 1.95 bits per heavy atom. The van der Waals surface area contributed by atoms with Gasteiger partial charge in [0.2, 0.25) is 11.8 Å². The van der Waals surface area contributed by atoms with E-state index in [4.69, 9.17) is 11.6 Å². The number of carbonyl (C=O) groups is 2. The molecular weight excluding hydrogens is 278 g/mol. The average Bonchev–Trinajstić information content (AvgIpc) is 2.37. The highest BCUT2D eigenvalue weighted by atomic mass is 35.5. The smallest absolute Gasteiger partial charge is 0.241 e. The SMILES string of the molecule is C[C@@H](C(=O)Nc1cccc(Cl)c1)N(C)CC(=O)N(C)C. The number of hydrogen-bond acceptors (Lipinski definition) is 3. The molecule has 110 valence electrons. The van der Waals surface area contributed by atoms with Gasteiger partial charge in [-0.1, -0.05) is 17.7 Å². The number of nitrogens with zero attached hydrogens (tertiary/aromatic N) is 2. The van der Waals surface area contributed by atoms with Crippen molar-refractivity contribution in [1.82, 2.24) is 9.80 Å². The molecule has 0 aromatic heterocycles. The lowest BCUT2D eigenvalue weighted by molar-refractivity contribution is -0.131. The van der Waals surface area contributed by atoms with E-state index >= 15 is 0 Å². The molecule has 0 aliphatic carbocycles. The topological polar surface area (TPSA) is 52.7 Å². The van der Waals surface area contributed by atoms with Crippen LogP contribution in [0.25, 0.3) is 0 Å². The number of rotatable bonds is 5. The molecule has 0 saturated carbocycles. The van der Waals surface area contributed by atoms with E-state index in [-0.39, 0.29) is 18.4 Å². The molecule has 1 aromatic rings. The molecule has 1 rings (SSSR count). The second-order valence-electron chi connectivity index (χ2n) is 4.88. The van der Waals surface area contributed by atoms with Crippen LogP contribution in [0.4, 0.5) is 5.69 Å². The molecule has 0 heterocycles. The Labute approximate surface area is 124 Å². The minimum absolute atomic E-state index is 0.0464. The number of amides is 2. The summed E-state index contributed by atoms with van der Waals surface area (Å²) in [6, 6.07) is 6.53. The number of halogens is 1. The van der Waals surface area contributed by atoms with Crippen molar-refractivity contribution in [2.75, 3.05) is 33.0 Å². The van der Waals surface area contributed by atoms with Crippen molar-refractivity contribution in [1.29, 1.82) is 0 Å². The van der Waals surface area contributed by atoms with Gasteiger partial charge in [0.05, 0.1) is 12.6 Å². The monoisotopic (exact) mass is 297 g/mol. The molecule has 20 heavy (non-hydrogen) atoms. The summed E-state index contributed by atoms with van der Waals surface area (Å²) in [5.74, 6) is -0.226. The quantitative estimate of drug-likeness (QED) is 0.900. The lowest BCUT2D eigenvalue weighted by Crippen LogP contribution is -2.44. The first-order valence-corrected chi connectivity index (χ1v) is 6.66. The largest absolute Gasteiger partial charge is 0.348 e. The Hall–Kier alpha value is -1.59. The predicted octanol–water partition coefficient (Wildman–Crippen LogP) is 1.69. The summed E-state index contributed by atoms with van der Waals surface area (Å²) in [5, 5.41) is 3.34. The zero-order valence-electron chi connectivity index (χ0n) is 12.2. The van der Waals surface area contributed by atoms with Crippen LogP contribution in [-0.4, -0.2) is 55.3 Å². The Balaban J connectivity index is 2.60. The van der Waals surface area contributed by atoms with E-state index in [1.807, 2.05) is 0 Å². The van der Waals surface area contributed by atoms with Gasteiger partial charge in [-0.2, -0.15) is 0 Å². The number of hydrogen-bond donors (Lipinski definition) is 1. The van der Waals surface area contributed by atoms with E-state index in [1.165, 1.54) is 4.90 Å². The van der Waals surface area contributed by atoms with Gasteiger partial charge in [-0.25, -0.2) is 0 Å². The Bertz CT molecular complexity index is 491. The summed E-state index contributed by atoms with van der Waals surface area (Å²) in [4.78, 5) is 26.9. The number of anilines is 1. The summed E-state index contributed by atoms with van der Waals surface area (Å²) < 4.78 is 0. The third kappa shape index (κ3) is 4.83. The maximum Gasteiger partial charge on any atom is 0.241 e. The normalized spacial score (nSPS) is 12.1. The Morgan fingerprint density at radius 3 is 2.50 bits per heavy atom. The zero-order valence-corrected chi connectivity index (χ0v) is 12.9. The first kappa shape index (κ1) is 16.5. The molecule has 1 aromatic carbocycles. The van der Waals surface area contributed by atoms with E-state index in [2.05, 4.69) is 5.32 Å². The van der Waals surface area contributed by atoms with Crippen molar-refractivity contribution >= 4 is 29.1 Å². The predicted molar refractivity (Wildman–Crippen MR) is 80.9 cm³/mol. The Morgan fingerprint density at radius 1 is 1.30 bits per heavy atom. The van der Waals surface area contributed by atoms with Crippen molar-refractivity contribution in [3.63, 3.8) is 0 Å². The molecule has 0 fully saturated rings. The fraction of sp³-hybridized carbons (Fsp3) is 0.429. The molecular formula is C14H20ClN3O2. The van der Waals surface area contributed by atoms with Gasteiger partial charge in [-0.15, -0.1) is 0 Å². The van der Waals surface area contributed by atoms with Gasteiger partial charge in [0, 0.05) is 24.8 Å². The lowest BCUT2D eigenvalue weighted by Gasteiger charge is -2.24. The average molecular weight is 298 g/mol. The molecule has 1 N–H and O–H groups in total. The molecule has 0 aliphatic rings.